The van der Waals surface area contributed by atoms with Crippen molar-refractivity contribution in [1.29, 1.82) is 0 Å². The number of rotatable bonds is 1. The molecule has 5 atom stereocenters. The van der Waals surface area contributed by atoms with Crippen LogP contribution < -0.4 is 26.6 Å². The van der Waals surface area contributed by atoms with E-state index < -0.39 is 0 Å². The van der Waals surface area contributed by atoms with Gasteiger partial charge in [0.1, 0.15) is 0 Å². The molecular formula is C19H39Cl2MnN5O. The monoisotopic (exact) mass is 478 g/mol. The van der Waals surface area contributed by atoms with Crippen LogP contribution in [-0.2, 0) is 13.1 Å². The van der Waals surface area contributed by atoms with Crippen LogP contribution in [0.2, 0.25) is 0 Å². The molecule has 9 heteroatoms. The van der Waals surface area contributed by atoms with Crippen molar-refractivity contribution in [1.82, 2.24) is 26.6 Å². The van der Waals surface area contributed by atoms with Crippen molar-refractivity contribution in [3.05, 3.63) is 0 Å². The fraction of sp³-hybridized carbons (Fsp3) is 1.00. The van der Waals surface area contributed by atoms with Gasteiger partial charge in [0.25, 0.3) is 0 Å². The molecule has 2 saturated carbocycles. The summed E-state index contributed by atoms with van der Waals surface area (Å²) < 4.78 is 0. The Bertz CT molecular complexity index is 399. The van der Waals surface area contributed by atoms with E-state index in [1.165, 1.54) is 51.4 Å². The summed E-state index contributed by atoms with van der Waals surface area (Å²) in [7, 11) is 9.59. The van der Waals surface area contributed by atoms with E-state index in [4.69, 9.17) is 20.2 Å². The zero-order valence-electron chi connectivity index (χ0n) is 16.9. The molecule has 1 aliphatic heterocycles. The molecule has 2 aliphatic carbocycles. The fourth-order valence-corrected chi connectivity index (χ4v) is 4.78. The minimum atomic E-state index is 0.00694. The summed E-state index contributed by atoms with van der Waals surface area (Å²) in [4.78, 5) is 0. The molecule has 3 fully saturated rings. The van der Waals surface area contributed by atoms with Gasteiger partial charge in [-0.25, -0.2) is 0 Å². The van der Waals surface area contributed by atoms with E-state index in [9.17, 15) is 5.11 Å². The summed E-state index contributed by atoms with van der Waals surface area (Å²) in [5, 5.41) is 28.2. The molecule has 0 bridgehead atoms. The summed E-state index contributed by atoms with van der Waals surface area (Å²) in [5.41, 5.74) is 0. The quantitative estimate of drug-likeness (QED) is 0.319. The first-order valence-electron chi connectivity index (χ1n) is 10.9. The average molecular weight is 479 g/mol. The second-order valence-corrected chi connectivity index (χ2v) is 10.1. The Morgan fingerprint density at radius 1 is 0.643 bits per heavy atom. The molecule has 28 heavy (non-hydrogen) atoms. The van der Waals surface area contributed by atoms with E-state index in [1.807, 2.05) is 0 Å². The molecule has 0 aromatic heterocycles. The maximum atomic E-state index is 9.68. The van der Waals surface area contributed by atoms with Gasteiger partial charge < -0.3 is 31.7 Å². The molecule has 167 valence electrons. The number of fused-ring (bicyclic) bond motifs is 2. The Morgan fingerprint density at radius 2 is 1.00 bits per heavy atom. The number of nitrogens with one attached hydrogen (secondary N) is 5. The zero-order chi connectivity index (χ0) is 20.0. The first kappa shape index (κ1) is 25.1. The molecule has 0 radical (unpaired) electrons. The third-order valence-electron chi connectivity index (χ3n) is 6.28. The van der Waals surface area contributed by atoms with Gasteiger partial charge in [-0.15, -0.1) is 0 Å². The summed E-state index contributed by atoms with van der Waals surface area (Å²) in [6, 6.07) is 2.45. The van der Waals surface area contributed by atoms with Crippen molar-refractivity contribution in [2.45, 2.75) is 81.6 Å². The van der Waals surface area contributed by atoms with Gasteiger partial charge in [0.15, 0.2) is 0 Å². The topological polar surface area (TPSA) is 80.4 Å². The van der Waals surface area contributed by atoms with Crippen LogP contribution >= 0.6 is 20.2 Å². The van der Waals surface area contributed by atoms with Gasteiger partial charge >= 0.3 is 33.3 Å². The Labute approximate surface area is 185 Å². The van der Waals surface area contributed by atoms with Crippen LogP contribution in [0.5, 0.6) is 0 Å². The van der Waals surface area contributed by atoms with Crippen molar-refractivity contribution >= 4 is 20.2 Å². The molecule has 6 nitrogen and oxygen atoms in total. The minimum absolute atomic E-state index is 0.00694. The molecule has 0 amide bonds. The summed E-state index contributed by atoms with van der Waals surface area (Å²) in [6.45, 7) is 5.05. The van der Waals surface area contributed by atoms with E-state index >= 15 is 0 Å². The summed E-state index contributed by atoms with van der Waals surface area (Å²) in [5.74, 6) is 0. The van der Waals surface area contributed by atoms with Crippen molar-refractivity contribution in [3.8, 4) is 0 Å². The number of halogens is 2. The second-order valence-electron chi connectivity index (χ2n) is 8.15. The van der Waals surface area contributed by atoms with Gasteiger partial charge in [0.2, 0.25) is 0 Å². The van der Waals surface area contributed by atoms with Crippen molar-refractivity contribution in [2.75, 3.05) is 39.3 Å². The first-order valence-corrected chi connectivity index (χ1v) is 14.2. The van der Waals surface area contributed by atoms with Gasteiger partial charge in [0.05, 0.1) is 6.61 Å². The molecule has 1 unspecified atom stereocenters. The van der Waals surface area contributed by atoms with Gasteiger partial charge in [-0.3, -0.25) is 0 Å². The standard InChI is InChI=1S/C19H39N5O.2ClH.Mn/c25-14-15-13-24-19-8-4-3-7-18(19)23-12-11-22-17-6-2-1-5-16(17)21-10-9-20-15;;;/h15-25H,1-14H2;2*1H;/q;;;+2/p-2/t15-,16-,17-,18-,19?;;;/m1.../s1. The van der Waals surface area contributed by atoms with Crippen LogP contribution in [0.25, 0.3) is 0 Å². The van der Waals surface area contributed by atoms with Crippen molar-refractivity contribution in [2.24, 2.45) is 0 Å². The molecule has 3 rings (SSSR count). The van der Waals surface area contributed by atoms with E-state index in [1.54, 1.807) is 0 Å². The second kappa shape index (κ2) is 15.6. The Morgan fingerprint density at radius 3 is 1.39 bits per heavy atom. The van der Waals surface area contributed by atoms with Crippen molar-refractivity contribution < 1.29 is 18.2 Å². The molecule has 0 spiro atoms. The third kappa shape index (κ3) is 9.34. The van der Waals surface area contributed by atoms with E-state index in [-0.39, 0.29) is 25.8 Å². The SMILES string of the molecule is OC[C@H]1CNC2CCCC[C@H]2NCCN[C@@H]2CCCC[C@H]2NCCN1.[Cl][Mn][Cl]. The molecule has 0 aromatic rings. The summed E-state index contributed by atoms with van der Waals surface area (Å²) >= 11 is 0.00694. The first-order chi connectivity index (χ1) is 13.8. The molecule has 1 saturated heterocycles. The molecule has 1 heterocycles. The third-order valence-corrected chi connectivity index (χ3v) is 6.28. The van der Waals surface area contributed by atoms with Crippen LogP contribution in [0.15, 0.2) is 0 Å². The van der Waals surface area contributed by atoms with E-state index in [0.29, 0.717) is 24.2 Å². The van der Waals surface area contributed by atoms with Gasteiger partial charge in [-0.05, 0) is 25.7 Å². The van der Waals surface area contributed by atoms with Gasteiger partial charge in [-0.2, -0.15) is 0 Å². The normalized spacial score (nSPS) is 35.9. The Balaban J connectivity index is 0.000000878. The Hall–Kier alpha value is 0.859. The number of hydrogen-bond acceptors (Lipinski definition) is 6. The number of aliphatic hydroxyl groups is 1. The predicted molar refractivity (Wildman–Crippen MR) is 115 cm³/mol. The molecule has 3 aliphatic rings. The zero-order valence-corrected chi connectivity index (χ0v) is 19.6. The van der Waals surface area contributed by atoms with E-state index in [0.717, 1.165) is 32.7 Å². The van der Waals surface area contributed by atoms with Crippen LogP contribution in [0.1, 0.15) is 51.4 Å². The van der Waals surface area contributed by atoms with Crippen LogP contribution in [0, 0.1) is 0 Å². The van der Waals surface area contributed by atoms with Crippen LogP contribution in [0.4, 0.5) is 0 Å². The predicted octanol–water partition coefficient (Wildman–Crippen LogP) is 1.31. The van der Waals surface area contributed by atoms with E-state index in [2.05, 4.69) is 26.6 Å². The van der Waals surface area contributed by atoms with Crippen LogP contribution in [-0.4, -0.2) is 74.6 Å². The van der Waals surface area contributed by atoms with Gasteiger partial charge in [-0.1, -0.05) is 25.7 Å². The molecule has 6 N–H and O–H groups in total. The van der Waals surface area contributed by atoms with Crippen LogP contribution in [0.3, 0.4) is 0 Å². The number of hydrogen-bond donors (Lipinski definition) is 6. The summed E-state index contributed by atoms with van der Waals surface area (Å²) in [6.07, 6.45) is 10.4. The Kier molecular flexibility index (Phi) is 14.0. The molecule has 0 aromatic carbocycles. The molecular weight excluding hydrogens is 440 g/mol. The average Bonchev–Trinajstić information content (AvgIpc) is 2.73. The maximum absolute atomic E-state index is 9.68. The fourth-order valence-electron chi connectivity index (χ4n) is 4.78. The van der Waals surface area contributed by atoms with Crippen molar-refractivity contribution in [3.63, 3.8) is 0 Å². The number of aliphatic hydroxyl groups excluding tert-OH is 1. The van der Waals surface area contributed by atoms with Gasteiger partial charge in [0, 0.05) is 62.9 Å².